The molecule has 1 amide bonds. The van der Waals surface area contributed by atoms with Crippen molar-refractivity contribution in [2.45, 2.75) is 64.4 Å². The van der Waals surface area contributed by atoms with Crippen LogP contribution in [0.4, 0.5) is 0 Å². The predicted octanol–water partition coefficient (Wildman–Crippen LogP) is 5.11. The maximum absolute atomic E-state index is 13.9. The number of carbonyl (C=O) groups is 1. The van der Waals surface area contributed by atoms with Gasteiger partial charge in [0, 0.05) is 12.6 Å². The number of thiazole rings is 1. The zero-order chi connectivity index (χ0) is 24.9. The first-order valence-corrected chi connectivity index (χ1v) is 14.1. The van der Waals surface area contributed by atoms with E-state index in [0.717, 1.165) is 22.2 Å². The van der Waals surface area contributed by atoms with Gasteiger partial charge in [0.2, 0.25) is 15.9 Å². The first kappa shape index (κ1) is 26.3. The van der Waals surface area contributed by atoms with Gasteiger partial charge in [-0.1, -0.05) is 65.0 Å². The van der Waals surface area contributed by atoms with Crippen LogP contribution in [0, 0.1) is 11.8 Å². The number of carbonyl (C=O) groups excluding carboxylic acids is 1. The zero-order valence-corrected chi connectivity index (χ0v) is 22.2. The highest BCUT2D eigenvalue weighted by Crippen LogP contribution is 2.28. The Morgan fingerprint density at radius 1 is 1.09 bits per heavy atom. The first-order valence-electron chi connectivity index (χ1n) is 11.8. The third kappa shape index (κ3) is 6.23. The molecule has 0 spiro atoms. The molecule has 184 valence electrons. The first-order chi connectivity index (χ1) is 16.1. The zero-order valence-electron chi connectivity index (χ0n) is 20.6. The monoisotopic (exact) mass is 501 g/mol. The largest absolute Gasteiger partial charge is 0.352 e. The van der Waals surface area contributed by atoms with Crippen LogP contribution in [0.1, 0.15) is 46.6 Å². The van der Waals surface area contributed by atoms with Crippen LogP contribution in [-0.4, -0.2) is 42.2 Å². The molecule has 1 aromatic heterocycles. The van der Waals surface area contributed by atoms with Crippen LogP contribution >= 0.6 is 11.3 Å². The van der Waals surface area contributed by atoms with Crippen molar-refractivity contribution in [1.82, 2.24) is 14.6 Å². The van der Waals surface area contributed by atoms with Crippen LogP contribution in [0.5, 0.6) is 0 Å². The second-order valence-electron chi connectivity index (χ2n) is 9.44. The summed E-state index contributed by atoms with van der Waals surface area (Å²) in [7, 11) is -3.90. The lowest BCUT2D eigenvalue weighted by Gasteiger charge is -2.34. The number of hydrogen-bond acceptors (Lipinski definition) is 5. The van der Waals surface area contributed by atoms with Crippen LogP contribution in [0.25, 0.3) is 10.2 Å². The molecule has 0 saturated heterocycles. The summed E-state index contributed by atoms with van der Waals surface area (Å²) in [6, 6.07) is 14.1. The van der Waals surface area contributed by atoms with E-state index in [4.69, 9.17) is 0 Å². The van der Waals surface area contributed by atoms with E-state index in [9.17, 15) is 13.2 Å². The molecule has 0 bridgehead atoms. The maximum atomic E-state index is 13.9. The van der Waals surface area contributed by atoms with Gasteiger partial charge in [-0.3, -0.25) is 4.79 Å². The van der Waals surface area contributed by atoms with Gasteiger partial charge in [-0.25, -0.2) is 13.4 Å². The minimum Gasteiger partial charge on any atom is -0.352 e. The van der Waals surface area contributed by atoms with E-state index in [1.165, 1.54) is 15.6 Å². The van der Waals surface area contributed by atoms with Gasteiger partial charge in [-0.15, -0.1) is 11.3 Å². The van der Waals surface area contributed by atoms with Crippen molar-refractivity contribution in [2.24, 2.45) is 11.8 Å². The molecular formula is C26H35N3O3S2. The highest BCUT2D eigenvalue weighted by molar-refractivity contribution is 7.89. The molecule has 0 saturated carbocycles. The Morgan fingerprint density at radius 3 is 2.41 bits per heavy atom. The van der Waals surface area contributed by atoms with Crippen LogP contribution in [0.2, 0.25) is 0 Å². The van der Waals surface area contributed by atoms with Gasteiger partial charge in [-0.05, 0) is 48.4 Å². The minimum atomic E-state index is -3.90. The summed E-state index contributed by atoms with van der Waals surface area (Å²) in [5.41, 5.74) is 3.61. The number of rotatable bonds is 11. The Hall–Kier alpha value is -2.29. The number of nitrogens with zero attached hydrogens (tertiary/aromatic N) is 2. The van der Waals surface area contributed by atoms with Gasteiger partial charge in [0.25, 0.3) is 0 Å². The molecule has 0 aliphatic rings. The molecule has 34 heavy (non-hydrogen) atoms. The lowest BCUT2D eigenvalue weighted by atomic mass is 10.00. The van der Waals surface area contributed by atoms with Crippen molar-refractivity contribution >= 4 is 37.5 Å². The molecule has 6 nitrogen and oxygen atoms in total. The lowest BCUT2D eigenvalue weighted by Crippen LogP contribution is -2.55. The molecule has 3 aromatic rings. The Kier molecular flexibility index (Phi) is 8.84. The fourth-order valence-electron chi connectivity index (χ4n) is 4.10. The van der Waals surface area contributed by atoms with Crippen LogP contribution < -0.4 is 5.32 Å². The Morgan fingerprint density at radius 2 is 1.79 bits per heavy atom. The normalized spacial score (nSPS) is 14.1. The Balaban J connectivity index is 1.92. The maximum Gasteiger partial charge on any atom is 0.243 e. The average molecular weight is 502 g/mol. The summed E-state index contributed by atoms with van der Waals surface area (Å²) in [6.07, 6.45) is 1.46. The van der Waals surface area contributed by atoms with Gasteiger partial charge in [-0.2, -0.15) is 4.31 Å². The number of nitrogens with one attached hydrogen (secondary N) is 1. The molecule has 3 rings (SSSR count). The van der Waals surface area contributed by atoms with E-state index in [1.807, 2.05) is 65.0 Å². The number of benzene rings is 2. The van der Waals surface area contributed by atoms with Crippen LogP contribution in [-0.2, 0) is 21.2 Å². The number of amides is 1. The second-order valence-corrected chi connectivity index (χ2v) is 12.2. The smallest absolute Gasteiger partial charge is 0.243 e. The summed E-state index contributed by atoms with van der Waals surface area (Å²) in [5.74, 6) is -0.391. The third-order valence-electron chi connectivity index (χ3n) is 5.83. The molecule has 0 aliphatic carbocycles. The van der Waals surface area contributed by atoms with Crippen molar-refractivity contribution in [3.8, 4) is 0 Å². The van der Waals surface area contributed by atoms with Gasteiger partial charge in [0.05, 0.1) is 20.6 Å². The van der Waals surface area contributed by atoms with Crippen LogP contribution in [0.3, 0.4) is 0 Å². The minimum absolute atomic E-state index is 0.0576. The molecule has 0 fully saturated rings. The standard InChI is InChI=1S/C26H35N3O3S2/c1-6-21(14-20-10-8-7-9-11-20)28-26(30)25(19(4)5)29(16-18(2)3)34(31,32)22-12-13-23-24(15-22)33-17-27-23/h7-13,15,17-19,21,25H,6,14,16H2,1-5H3,(H,28,30)/t21?,25-/m0/s1. The molecule has 8 heteroatoms. The summed E-state index contributed by atoms with van der Waals surface area (Å²) >= 11 is 1.40. The lowest BCUT2D eigenvalue weighted by molar-refractivity contribution is -0.127. The molecular weight excluding hydrogens is 466 g/mol. The Labute approximate surface area is 207 Å². The SMILES string of the molecule is CCC(Cc1ccccc1)NC(=O)[C@H](C(C)C)N(CC(C)C)S(=O)(=O)c1ccc2ncsc2c1. The van der Waals surface area contributed by atoms with Crippen molar-refractivity contribution < 1.29 is 13.2 Å². The van der Waals surface area contributed by atoms with Crippen molar-refractivity contribution in [3.63, 3.8) is 0 Å². The summed E-state index contributed by atoms with van der Waals surface area (Å²) < 4.78 is 29.9. The van der Waals surface area contributed by atoms with E-state index in [1.54, 1.807) is 23.7 Å². The Bertz CT molecular complexity index is 1190. The van der Waals surface area contributed by atoms with E-state index >= 15 is 0 Å². The summed E-state index contributed by atoms with van der Waals surface area (Å²) in [6.45, 7) is 10.0. The van der Waals surface area contributed by atoms with Crippen molar-refractivity contribution in [3.05, 3.63) is 59.6 Å². The molecule has 0 aliphatic heterocycles. The quantitative estimate of drug-likeness (QED) is 0.396. The second kappa shape index (κ2) is 11.4. The van der Waals surface area contributed by atoms with Gasteiger partial charge in [0.15, 0.2) is 0 Å². The molecule has 2 atom stereocenters. The molecule has 0 radical (unpaired) electrons. The third-order valence-corrected chi connectivity index (χ3v) is 8.46. The predicted molar refractivity (Wildman–Crippen MR) is 139 cm³/mol. The van der Waals surface area contributed by atoms with E-state index in [0.29, 0.717) is 6.42 Å². The average Bonchev–Trinajstić information content (AvgIpc) is 3.26. The van der Waals surface area contributed by atoms with Gasteiger partial charge in [0.1, 0.15) is 6.04 Å². The van der Waals surface area contributed by atoms with Crippen molar-refractivity contribution in [1.29, 1.82) is 0 Å². The highest BCUT2D eigenvalue weighted by Gasteiger charge is 2.38. The fourth-order valence-corrected chi connectivity index (χ4v) is 6.80. The summed E-state index contributed by atoms with van der Waals surface area (Å²) in [5, 5.41) is 3.15. The van der Waals surface area contributed by atoms with Gasteiger partial charge >= 0.3 is 0 Å². The fraction of sp³-hybridized carbons (Fsp3) is 0.462. The number of aromatic nitrogens is 1. The number of hydrogen-bond donors (Lipinski definition) is 1. The van der Waals surface area contributed by atoms with E-state index < -0.39 is 16.1 Å². The van der Waals surface area contributed by atoms with Crippen LogP contribution in [0.15, 0.2) is 58.9 Å². The van der Waals surface area contributed by atoms with Gasteiger partial charge < -0.3 is 5.32 Å². The van der Waals surface area contributed by atoms with Crippen molar-refractivity contribution in [2.75, 3.05) is 6.54 Å². The number of sulfonamides is 1. The molecule has 1 unspecified atom stereocenters. The highest BCUT2D eigenvalue weighted by atomic mass is 32.2. The number of fused-ring (bicyclic) bond motifs is 1. The van der Waals surface area contributed by atoms with E-state index in [-0.39, 0.29) is 35.2 Å². The molecule has 1 N–H and O–H groups in total. The summed E-state index contributed by atoms with van der Waals surface area (Å²) in [4.78, 5) is 18.0. The molecule has 1 heterocycles. The van der Waals surface area contributed by atoms with E-state index in [2.05, 4.69) is 10.3 Å². The topological polar surface area (TPSA) is 79.4 Å². The molecule has 2 aromatic carbocycles.